The van der Waals surface area contributed by atoms with Gasteiger partial charge in [-0.2, -0.15) is 0 Å². The zero-order valence-corrected chi connectivity index (χ0v) is 18.5. The highest BCUT2D eigenvalue weighted by Crippen LogP contribution is 2.21. The summed E-state index contributed by atoms with van der Waals surface area (Å²) < 4.78 is 16.0. The molecule has 6 nitrogen and oxygen atoms in total. The van der Waals surface area contributed by atoms with Crippen molar-refractivity contribution in [3.8, 4) is 0 Å². The number of nitrogens with one attached hydrogen (secondary N) is 2. The standard InChI is InChI=1S/C22H24BrFN4O2/c1-27(2)11-12-28-10-8-15-13-17(4-6-20(15)28)26-21(29)7-9-25-22(30)18-14-16(24)3-5-19(18)23/h3-6,8,10,13-14H,7,9,11-12H2,1-2H3,(H,25,30)(H,26,29). The molecule has 3 aromatic rings. The van der Waals surface area contributed by atoms with Crippen LogP contribution in [0.25, 0.3) is 10.9 Å². The quantitative estimate of drug-likeness (QED) is 0.520. The molecule has 2 amide bonds. The van der Waals surface area contributed by atoms with Crippen molar-refractivity contribution in [3.05, 3.63) is 64.5 Å². The Balaban J connectivity index is 1.52. The number of amides is 2. The van der Waals surface area contributed by atoms with E-state index in [1.165, 1.54) is 12.1 Å². The van der Waals surface area contributed by atoms with Crippen LogP contribution in [0, 0.1) is 5.82 Å². The first kappa shape index (κ1) is 22.0. The van der Waals surface area contributed by atoms with Crippen molar-refractivity contribution in [1.82, 2.24) is 14.8 Å². The summed E-state index contributed by atoms with van der Waals surface area (Å²) in [5.41, 5.74) is 2.01. The van der Waals surface area contributed by atoms with Crippen molar-refractivity contribution < 1.29 is 14.0 Å². The molecule has 0 saturated heterocycles. The Labute approximate surface area is 183 Å². The molecule has 0 saturated carbocycles. The lowest BCUT2D eigenvalue weighted by atomic mass is 10.2. The number of carbonyl (C=O) groups is 2. The zero-order valence-electron chi connectivity index (χ0n) is 16.9. The zero-order chi connectivity index (χ0) is 21.7. The summed E-state index contributed by atoms with van der Waals surface area (Å²) in [4.78, 5) is 26.5. The van der Waals surface area contributed by atoms with Gasteiger partial charge in [0.25, 0.3) is 5.91 Å². The molecule has 1 heterocycles. The lowest BCUT2D eigenvalue weighted by molar-refractivity contribution is -0.116. The Bertz CT molecular complexity index is 1060. The third-order valence-electron chi connectivity index (χ3n) is 4.65. The number of nitrogens with zero attached hydrogens (tertiary/aromatic N) is 2. The van der Waals surface area contributed by atoms with E-state index in [1.807, 2.05) is 44.6 Å². The molecule has 158 valence electrons. The number of benzene rings is 2. The molecule has 0 bridgehead atoms. The number of halogens is 2. The molecule has 3 rings (SSSR count). The highest BCUT2D eigenvalue weighted by Gasteiger charge is 2.12. The van der Waals surface area contributed by atoms with Crippen LogP contribution in [0.2, 0.25) is 0 Å². The second kappa shape index (κ2) is 9.86. The van der Waals surface area contributed by atoms with Gasteiger partial charge in [0.2, 0.25) is 5.91 Å². The van der Waals surface area contributed by atoms with Crippen molar-refractivity contribution in [2.45, 2.75) is 13.0 Å². The summed E-state index contributed by atoms with van der Waals surface area (Å²) in [7, 11) is 4.08. The average Bonchev–Trinajstić information content (AvgIpc) is 3.10. The minimum absolute atomic E-state index is 0.112. The molecule has 2 aromatic carbocycles. The Morgan fingerprint density at radius 3 is 2.70 bits per heavy atom. The number of hydrogen-bond acceptors (Lipinski definition) is 3. The first-order chi connectivity index (χ1) is 14.3. The molecule has 1 aromatic heterocycles. The van der Waals surface area contributed by atoms with Gasteiger partial charge < -0.3 is 20.1 Å². The van der Waals surface area contributed by atoms with Crippen LogP contribution in [0.3, 0.4) is 0 Å². The minimum atomic E-state index is -0.493. The molecule has 0 aliphatic rings. The van der Waals surface area contributed by atoms with Gasteiger partial charge in [0, 0.05) is 53.3 Å². The summed E-state index contributed by atoms with van der Waals surface area (Å²) in [6.45, 7) is 1.99. The van der Waals surface area contributed by atoms with Gasteiger partial charge in [-0.05, 0) is 72.5 Å². The topological polar surface area (TPSA) is 66.4 Å². The molecule has 0 aliphatic carbocycles. The monoisotopic (exact) mass is 474 g/mol. The third-order valence-corrected chi connectivity index (χ3v) is 5.35. The lowest BCUT2D eigenvalue weighted by Gasteiger charge is -2.11. The van der Waals surface area contributed by atoms with Gasteiger partial charge in [0.15, 0.2) is 0 Å². The Morgan fingerprint density at radius 2 is 1.93 bits per heavy atom. The number of likely N-dealkylation sites (N-methyl/N-ethyl adjacent to an activating group) is 1. The maximum Gasteiger partial charge on any atom is 0.252 e. The average molecular weight is 475 g/mol. The van der Waals surface area contributed by atoms with E-state index in [9.17, 15) is 14.0 Å². The van der Waals surface area contributed by atoms with Crippen molar-refractivity contribution in [2.75, 3.05) is 32.5 Å². The van der Waals surface area contributed by atoms with Gasteiger partial charge in [-0.3, -0.25) is 9.59 Å². The van der Waals surface area contributed by atoms with Gasteiger partial charge in [-0.1, -0.05) is 0 Å². The van der Waals surface area contributed by atoms with Crippen LogP contribution in [-0.4, -0.2) is 48.5 Å². The molecule has 0 aliphatic heterocycles. The summed E-state index contributed by atoms with van der Waals surface area (Å²) in [5, 5.41) is 6.54. The molecule has 8 heteroatoms. The molecule has 0 atom stereocenters. The van der Waals surface area contributed by atoms with Gasteiger partial charge in [-0.25, -0.2) is 4.39 Å². The van der Waals surface area contributed by atoms with Crippen molar-refractivity contribution in [2.24, 2.45) is 0 Å². The van der Waals surface area contributed by atoms with Crippen LogP contribution < -0.4 is 10.6 Å². The molecule has 0 unspecified atom stereocenters. The maximum atomic E-state index is 13.3. The number of hydrogen-bond donors (Lipinski definition) is 2. The fourth-order valence-corrected chi connectivity index (χ4v) is 3.49. The van der Waals surface area contributed by atoms with Gasteiger partial charge in [-0.15, -0.1) is 0 Å². The SMILES string of the molecule is CN(C)CCn1ccc2cc(NC(=O)CCNC(=O)c3cc(F)ccc3Br)ccc21. The summed E-state index contributed by atoms with van der Waals surface area (Å²) in [6.07, 6.45) is 2.15. The second-order valence-corrected chi connectivity index (χ2v) is 8.12. The van der Waals surface area contributed by atoms with E-state index in [2.05, 4.69) is 36.0 Å². The van der Waals surface area contributed by atoms with Crippen LogP contribution in [0.15, 0.2) is 53.1 Å². The highest BCUT2D eigenvalue weighted by atomic mass is 79.9. The summed E-state index contributed by atoms with van der Waals surface area (Å²) >= 11 is 3.22. The molecular formula is C22H24BrFN4O2. The largest absolute Gasteiger partial charge is 0.351 e. The van der Waals surface area contributed by atoms with Crippen molar-refractivity contribution in [3.63, 3.8) is 0 Å². The van der Waals surface area contributed by atoms with E-state index in [4.69, 9.17) is 0 Å². The Kier molecular flexibility index (Phi) is 7.23. The molecule has 0 spiro atoms. The summed E-state index contributed by atoms with van der Waals surface area (Å²) in [5.74, 6) is -1.14. The van der Waals surface area contributed by atoms with E-state index in [0.29, 0.717) is 10.2 Å². The number of aromatic nitrogens is 1. The lowest BCUT2D eigenvalue weighted by Crippen LogP contribution is -2.28. The smallest absolute Gasteiger partial charge is 0.252 e. The van der Waals surface area contributed by atoms with E-state index >= 15 is 0 Å². The molecule has 2 N–H and O–H groups in total. The molecule has 0 radical (unpaired) electrons. The van der Waals surface area contributed by atoms with Crippen LogP contribution in [0.4, 0.5) is 10.1 Å². The van der Waals surface area contributed by atoms with E-state index in [1.54, 1.807) is 0 Å². The fourth-order valence-electron chi connectivity index (χ4n) is 3.06. The maximum absolute atomic E-state index is 13.3. The fraction of sp³-hybridized carbons (Fsp3) is 0.273. The Hall–Kier alpha value is -2.71. The van der Waals surface area contributed by atoms with Crippen LogP contribution >= 0.6 is 15.9 Å². The number of anilines is 1. The van der Waals surface area contributed by atoms with Crippen molar-refractivity contribution in [1.29, 1.82) is 0 Å². The number of fused-ring (bicyclic) bond motifs is 1. The van der Waals surface area contributed by atoms with Gasteiger partial charge >= 0.3 is 0 Å². The highest BCUT2D eigenvalue weighted by molar-refractivity contribution is 9.10. The van der Waals surface area contributed by atoms with Gasteiger partial charge in [0.1, 0.15) is 5.82 Å². The van der Waals surface area contributed by atoms with Crippen LogP contribution in [0.5, 0.6) is 0 Å². The van der Waals surface area contributed by atoms with Crippen LogP contribution in [0.1, 0.15) is 16.8 Å². The Morgan fingerprint density at radius 1 is 1.13 bits per heavy atom. The van der Waals surface area contributed by atoms with Crippen molar-refractivity contribution >= 4 is 44.3 Å². The normalized spacial score (nSPS) is 11.1. The van der Waals surface area contributed by atoms with E-state index in [-0.39, 0.29) is 24.4 Å². The number of rotatable bonds is 8. The number of carbonyl (C=O) groups excluding carboxylic acids is 2. The minimum Gasteiger partial charge on any atom is -0.351 e. The molecule has 0 fully saturated rings. The third kappa shape index (κ3) is 5.67. The predicted octanol–water partition coefficient (Wildman–Crippen LogP) is 3.86. The molecular weight excluding hydrogens is 451 g/mol. The van der Waals surface area contributed by atoms with Gasteiger partial charge in [0.05, 0.1) is 5.56 Å². The van der Waals surface area contributed by atoms with E-state index < -0.39 is 11.7 Å². The first-order valence-corrected chi connectivity index (χ1v) is 10.4. The van der Waals surface area contributed by atoms with E-state index in [0.717, 1.165) is 30.1 Å². The predicted molar refractivity (Wildman–Crippen MR) is 120 cm³/mol. The second-order valence-electron chi connectivity index (χ2n) is 7.26. The summed E-state index contributed by atoms with van der Waals surface area (Å²) in [6, 6.07) is 11.7. The first-order valence-electron chi connectivity index (χ1n) is 9.60. The molecule has 30 heavy (non-hydrogen) atoms. The van der Waals surface area contributed by atoms with Crippen LogP contribution in [-0.2, 0) is 11.3 Å².